The summed E-state index contributed by atoms with van der Waals surface area (Å²) in [6.07, 6.45) is 0. The number of hydrogen-bond donors (Lipinski definition) is 0. The molecule has 2 rings (SSSR count). The third-order valence-corrected chi connectivity index (χ3v) is 3.29. The molecule has 0 unspecified atom stereocenters. The van der Waals surface area contributed by atoms with Gasteiger partial charge in [-0.2, -0.15) is 0 Å². The van der Waals surface area contributed by atoms with E-state index in [2.05, 4.69) is 0 Å². The van der Waals surface area contributed by atoms with Crippen molar-refractivity contribution in [3.8, 4) is 5.75 Å². The summed E-state index contributed by atoms with van der Waals surface area (Å²) in [7, 11) is 0. The Labute approximate surface area is 152 Å². The first-order valence-electron chi connectivity index (χ1n) is 8.37. The topological polar surface area (TPSA) is 71.1 Å². The second kappa shape index (κ2) is 11.8. The minimum atomic E-state index is -0.880. The lowest BCUT2D eigenvalue weighted by atomic mass is 10.1. The predicted octanol–water partition coefficient (Wildman–Crippen LogP) is 2.52. The fourth-order valence-corrected chi connectivity index (χ4v) is 2.02. The van der Waals surface area contributed by atoms with E-state index >= 15 is 0 Å². The number of ether oxygens (including phenoxy) is 4. The van der Waals surface area contributed by atoms with E-state index in [4.69, 9.17) is 18.9 Å². The van der Waals surface area contributed by atoms with Crippen LogP contribution in [0.4, 0.5) is 0 Å². The van der Waals surface area contributed by atoms with Gasteiger partial charge in [0.25, 0.3) is 5.78 Å². The second-order valence-corrected chi connectivity index (χ2v) is 5.22. The molecule has 0 aromatic heterocycles. The third-order valence-electron chi connectivity index (χ3n) is 3.29. The van der Waals surface area contributed by atoms with E-state index in [-0.39, 0.29) is 13.2 Å². The molecule has 0 radical (unpaired) electrons. The lowest BCUT2D eigenvalue weighted by Crippen LogP contribution is -2.20. The molecule has 0 aliphatic carbocycles. The Morgan fingerprint density at radius 1 is 0.654 bits per heavy atom. The van der Waals surface area contributed by atoms with Gasteiger partial charge in [0.1, 0.15) is 19.0 Å². The van der Waals surface area contributed by atoms with Crippen LogP contribution < -0.4 is 4.74 Å². The lowest BCUT2D eigenvalue weighted by molar-refractivity contribution is -0.139. The van der Waals surface area contributed by atoms with Crippen LogP contribution in [0, 0.1) is 0 Å². The van der Waals surface area contributed by atoms with Crippen molar-refractivity contribution in [2.75, 3.05) is 39.6 Å². The van der Waals surface area contributed by atoms with E-state index in [9.17, 15) is 9.59 Å². The predicted molar refractivity (Wildman–Crippen MR) is 95.3 cm³/mol. The average molecular weight is 358 g/mol. The van der Waals surface area contributed by atoms with Gasteiger partial charge in [0, 0.05) is 5.56 Å². The maximum Gasteiger partial charge on any atom is 0.379 e. The standard InChI is InChI=1S/C20H22O6/c21-19(17-7-3-1-4-8-17)20(22)26-16-14-24-12-11-23-13-15-25-18-9-5-2-6-10-18/h1-10H,11-16H2. The molecule has 0 saturated carbocycles. The molecule has 2 aromatic carbocycles. The number of benzene rings is 2. The number of rotatable bonds is 12. The molecular formula is C20H22O6. The number of carbonyl (C=O) groups is 2. The van der Waals surface area contributed by atoms with Crippen LogP contribution in [0.5, 0.6) is 5.75 Å². The van der Waals surface area contributed by atoms with Crippen LogP contribution in [0.2, 0.25) is 0 Å². The normalized spacial score (nSPS) is 10.3. The number of hydrogen-bond acceptors (Lipinski definition) is 6. The molecule has 0 heterocycles. The van der Waals surface area contributed by atoms with E-state index in [0.29, 0.717) is 32.0 Å². The monoisotopic (exact) mass is 358 g/mol. The molecule has 0 spiro atoms. The van der Waals surface area contributed by atoms with E-state index < -0.39 is 11.8 Å². The lowest BCUT2D eigenvalue weighted by Gasteiger charge is -2.08. The minimum Gasteiger partial charge on any atom is -0.491 e. The zero-order valence-corrected chi connectivity index (χ0v) is 14.5. The molecule has 6 heteroatoms. The van der Waals surface area contributed by atoms with Gasteiger partial charge < -0.3 is 18.9 Å². The summed E-state index contributed by atoms with van der Waals surface area (Å²) < 4.78 is 21.0. The van der Waals surface area contributed by atoms with Crippen molar-refractivity contribution < 1.29 is 28.5 Å². The summed E-state index contributed by atoms with van der Waals surface area (Å²) >= 11 is 0. The summed E-state index contributed by atoms with van der Waals surface area (Å²) in [5, 5.41) is 0. The largest absolute Gasteiger partial charge is 0.491 e. The van der Waals surface area contributed by atoms with Gasteiger partial charge in [0.15, 0.2) is 0 Å². The van der Waals surface area contributed by atoms with Crippen molar-refractivity contribution in [2.24, 2.45) is 0 Å². The first-order chi connectivity index (χ1) is 12.8. The van der Waals surface area contributed by atoms with Crippen molar-refractivity contribution in [1.82, 2.24) is 0 Å². The number of carbonyl (C=O) groups excluding carboxylic acids is 2. The van der Waals surface area contributed by atoms with Crippen molar-refractivity contribution in [3.63, 3.8) is 0 Å². The van der Waals surface area contributed by atoms with Gasteiger partial charge >= 0.3 is 5.97 Å². The number of para-hydroxylation sites is 1. The maximum atomic E-state index is 11.8. The summed E-state index contributed by atoms with van der Waals surface area (Å²) in [5.74, 6) is -0.735. The van der Waals surface area contributed by atoms with Crippen LogP contribution in [-0.4, -0.2) is 51.4 Å². The Morgan fingerprint density at radius 2 is 1.19 bits per heavy atom. The third kappa shape index (κ3) is 7.46. The average Bonchev–Trinajstić information content (AvgIpc) is 2.70. The molecule has 0 aliphatic heterocycles. The van der Waals surface area contributed by atoms with Crippen LogP contribution >= 0.6 is 0 Å². The first kappa shape index (κ1) is 19.6. The summed E-state index contributed by atoms with van der Waals surface area (Å²) in [6, 6.07) is 17.8. The Kier molecular flexibility index (Phi) is 8.89. The van der Waals surface area contributed by atoms with Gasteiger partial charge in [0.2, 0.25) is 0 Å². The van der Waals surface area contributed by atoms with Crippen LogP contribution in [0.3, 0.4) is 0 Å². The summed E-state index contributed by atoms with van der Waals surface area (Å²) in [6.45, 7) is 1.93. The van der Waals surface area contributed by atoms with Crippen LogP contribution in [0.25, 0.3) is 0 Å². The van der Waals surface area contributed by atoms with Crippen LogP contribution in [-0.2, 0) is 19.0 Å². The van der Waals surface area contributed by atoms with E-state index in [1.165, 1.54) is 0 Å². The Morgan fingerprint density at radius 3 is 1.85 bits per heavy atom. The molecule has 138 valence electrons. The molecule has 2 aromatic rings. The number of Topliss-reactive ketones (excluding diaryl/α,β-unsaturated/α-hetero) is 1. The summed E-state index contributed by atoms with van der Waals surface area (Å²) in [5.41, 5.74) is 0.310. The van der Waals surface area contributed by atoms with Crippen molar-refractivity contribution in [3.05, 3.63) is 66.2 Å². The second-order valence-electron chi connectivity index (χ2n) is 5.22. The molecule has 0 N–H and O–H groups in total. The van der Waals surface area contributed by atoms with Crippen molar-refractivity contribution in [2.45, 2.75) is 0 Å². The van der Waals surface area contributed by atoms with E-state index in [1.807, 2.05) is 30.3 Å². The maximum absolute atomic E-state index is 11.8. The summed E-state index contributed by atoms with van der Waals surface area (Å²) in [4.78, 5) is 23.4. The van der Waals surface area contributed by atoms with Gasteiger partial charge in [-0.3, -0.25) is 4.79 Å². The SMILES string of the molecule is O=C(OCCOCCOCCOc1ccccc1)C(=O)c1ccccc1. The molecule has 6 nitrogen and oxygen atoms in total. The highest BCUT2D eigenvalue weighted by atomic mass is 16.6. The van der Waals surface area contributed by atoms with Crippen LogP contribution in [0.15, 0.2) is 60.7 Å². The molecule has 0 bridgehead atoms. The van der Waals surface area contributed by atoms with Gasteiger partial charge in [0.05, 0.1) is 26.4 Å². The molecule has 0 fully saturated rings. The zero-order chi connectivity index (χ0) is 18.5. The fourth-order valence-electron chi connectivity index (χ4n) is 2.02. The van der Waals surface area contributed by atoms with Crippen molar-refractivity contribution >= 4 is 11.8 Å². The van der Waals surface area contributed by atoms with Gasteiger partial charge in [-0.05, 0) is 12.1 Å². The quantitative estimate of drug-likeness (QED) is 0.251. The smallest absolute Gasteiger partial charge is 0.379 e. The van der Waals surface area contributed by atoms with Gasteiger partial charge in [-0.1, -0.05) is 48.5 Å². The van der Waals surface area contributed by atoms with E-state index in [1.54, 1.807) is 30.3 Å². The molecular weight excluding hydrogens is 336 g/mol. The number of esters is 1. The zero-order valence-electron chi connectivity index (χ0n) is 14.5. The van der Waals surface area contributed by atoms with Gasteiger partial charge in [-0.15, -0.1) is 0 Å². The molecule has 0 saturated heterocycles. The Balaban J connectivity index is 1.43. The Bertz CT molecular complexity index is 657. The molecule has 0 atom stereocenters. The Hall–Kier alpha value is -2.70. The fraction of sp³-hybridized carbons (Fsp3) is 0.300. The highest BCUT2D eigenvalue weighted by Crippen LogP contribution is 2.07. The first-order valence-corrected chi connectivity index (χ1v) is 8.37. The highest BCUT2D eigenvalue weighted by Gasteiger charge is 2.16. The highest BCUT2D eigenvalue weighted by molar-refractivity contribution is 6.40. The van der Waals surface area contributed by atoms with E-state index in [0.717, 1.165) is 5.75 Å². The molecule has 26 heavy (non-hydrogen) atoms. The number of ketones is 1. The van der Waals surface area contributed by atoms with Crippen LogP contribution in [0.1, 0.15) is 10.4 Å². The van der Waals surface area contributed by atoms with Gasteiger partial charge in [-0.25, -0.2) is 4.79 Å². The molecule has 0 aliphatic rings. The minimum absolute atomic E-state index is 0.0223. The molecule has 0 amide bonds. The van der Waals surface area contributed by atoms with Crippen molar-refractivity contribution in [1.29, 1.82) is 0 Å².